The van der Waals surface area contributed by atoms with E-state index in [-0.39, 0.29) is 11.9 Å². The van der Waals surface area contributed by atoms with E-state index in [1.165, 1.54) is 5.56 Å². The number of aromatic nitrogens is 2. The summed E-state index contributed by atoms with van der Waals surface area (Å²) in [5, 5.41) is 3.43. The van der Waals surface area contributed by atoms with Gasteiger partial charge >= 0.3 is 0 Å². The lowest BCUT2D eigenvalue weighted by Crippen LogP contribution is -2.22. The Labute approximate surface area is 170 Å². The fourth-order valence-corrected chi connectivity index (χ4v) is 3.39. The predicted molar refractivity (Wildman–Crippen MR) is 112 cm³/mol. The van der Waals surface area contributed by atoms with E-state index in [2.05, 4.69) is 15.3 Å². The van der Waals surface area contributed by atoms with Crippen molar-refractivity contribution < 1.29 is 9.53 Å². The van der Waals surface area contributed by atoms with Crippen molar-refractivity contribution >= 4 is 11.7 Å². The van der Waals surface area contributed by atoms with Crippen LogP contribution in [0.2, 0.25) is 0 Å². The van der Waals surface area contributed by atoms with Crippen LogP contribution < -0.4 is 10.1 Å². The Morgan fingerprint density at radius 2 is 1.93 bits per heavy atom. The van der Waals surface area contributed by atoms with Crippen LogP contribution in [0, 0.1) is 6.92 Å². The summed E-state index contributed by atoms with van der Waals surface area (Å²) >= 11 is 0. The molecule has 1 aliphatic heterocycles. The topological polar surface area (TPSA) is 67.3 Å². The van der Waals surface area contributed by atoms with Gasteiger partial charge in [0, 0.05) is 36.1 Å². The summed E-state index contributed by atoms with van der Waals surface area (Å²) in [6.45, 7) is 7.35. The lowest BCUT2D eigenvalue weighted by atomic mass is 10.1. The molecule has 0 saturated carbocycles. The molecule has 1 amide bonds. The number of hydrogen-bond donors (Lipinski definition) is 1. The van der Waals surface area contributed by atoms with E-state index in [1.807, 2.05) is 62.1 Å². The van der Waals surface area contributed by atoms with E-state index >= 15 is 0 Å². The van der Waals surface area contributed by atoms with Crippen LogP contribution >= 0.6 is 0 Å². The number of carbonyl (C=O) groups is 1. The van der Waals surface area contributed by atoms with Crippen LogP contribution in [0.15, 0.2) is 54.9 Å². The van der Waals surface area contributed by atoms with Gasteiger partial charge in [-0.2, -0.15) is 0 Å². The second kappa shape index (κ2) is 7.91. The van der Waals surface area contributed by atoms with Crippen molar-refractivity contribution in [3.05, 3.63) is 77.1 Å². The van der Waals surface area contributed by atoms with Gasteiger partial charge in [0.05, 0.1) is 12.6 Å². The summed E-state index contributed by atoms with van der Waals surface area (Å²) in [5.74, 6) is 2.13. The van der Waals surface area contributed by atoms with Crippen LogP contribution in [0.1, 0.15) is 46.9 Å². The van der Waals surface area contributed by atoms with E-state index in [4.69, 9.17) is 4.74 Å². The first-order chi connectivity index (χ1) is 14.0. The van der Waals surface area contributed by atoms with Crippen LogP contribution in [-0.4, -0.2) is 27.3 Å². The molecule has 6 heteroatoms. The number of amides is 1. The molecule has 0 aliphatic carbocycles. The van der Waals surface area contributed by atoms with E-state index in [1.54, 1.807) is 18.5 Å². The smallest absolute Gasteiger partial charge is 0.254 e. The zero-order valence-electron chi connectivity index (χ0n) is 16.8. The van der Waals surface area contributed by atoms with Crippen molar-refractivity contribution in [2.75, 3.05) is 11.9 Å². The molecular formula is C23H24N4O2. The van der Waals surface area contributed by atoms with Crippen molar-refractivity contribution in [2.45, 2.75) is 33.4 Å². The third kappa shape index (κ3) is 3.92. The van der Waals surface area contributed by atoms with E-state index in [0.29, 0.717) is 19.0 Å². The molecule has 6 nitrogen and oxygen atoms in total. The first-order valence-corrected chi connectivity index (χ1v) is 9.79. The molecular weight excluding hydrogens is 364 g/mol. The third-order valence-corrected chi connectivity index (χ3v) is 5.16. The lowest BCUT2D eigenvalue weighted by Gasteiger charge is -2.17. The minimum atomic E-state index is -0.0132. The highest BCUT2D eigenvalue weighted by atomic mass is 16.5. The van der Waals surface area contributed by atoms with Gasteiger partial charge in [0.2, 0.25) is 5.88 Å². The summed E-state index contributed by atoms with van der Waals surface area (Å²) < 4.78 is 5.80. The summed E-state index contributed by atoms with van der Waals surface area (Å²) in [5.41, 5.74) is 3.89. The maximum Gasteiger partial charge on any atom is 0.254 e. The Hall–Kier alpha value is -3.41. The fraction of sp³-hybridized carbons (Fsp3) is 0.261. The summed E-state index contributed by atoms with van der Waals surface area (Å²) in [7, 11) is 0. The SMILES string of the molecule is CCN1Cc2c(ccnc2N[C@@H](C)c2ccc(Oc3ccc(C)cc3)nc2)C1=O. The van der Waals surface area contributed by atoms with Crippen molar-refractivity contribution in [2.24, 2.45) is 0 Å². The molecule has 0 fully saturated rings. The van der Waals surface area contributed by atoms with Gasteiger partial charge in [-0.05, 0) is 44.5 Å². The molecule has 1 atom stereocenters. The fourth-order valence-electron chi connectivity index (χ4n) is 3.39. The Bertz CT molecular complexity index is 1020. The largest absolute Gasteiger partial charge is 0.439 e. The molecule has 1 N–H and O–H groups in total. The molecule has 2 aromatic heterocycles. The van der Waals surface area contributed by atoms with E-state index in [0.717, 1.165) is 28.3 Å². The predicted octanol–water partition coefficient (Wildman–Crippen LogP) is 4.73. The molecule has 0 bridgehead atoms. The number of pyridine rings is 2. The van der Waals surface area contributed by atoms with Crippen LogP contribution in [0.3, 0.4) is 0 Å². The summed E-state index contributed by atoms with van der Waals surface area (Å²) in [4.78, 5) is 23.1. The standard InChI is InChI=1S/C23H24N4O2/c1-4-27-14-20-19(23(27)28)11-12-24-22(20)26-16(3)17-7-10-21(25-13-17)29-18-8-5-15(2)6-9-18/h5-13,16H,4,14H2,1-3H3,(H,24,26)/t16-/m0/s1. The maximum absolute atomic E-state index is 12.4. The molecule has 0 saturated heterocycles. The Balaban J connectivity index is 1.47. The van der Waals surface area contributed by atoms with Gasteiger partial charge in [-0.15, -0.1) is 0 Å². The average molecular weight is 388 g/mol. The van der Waals surface area contributed by atoms with Crippen molar-refractivity contribution in [1.29, 1.82) is 0 Å². The first-order valence-electron chi connectivity index (χ1n) is 9.79. The molecule has 148 valence electrons. The minimum Gasteiger partial charge on any atom is -0.439 e. The number of nitrogens with one attached hydrogen (secondary N) is 1. The number of benzene rings is 1. The maximum atomic E-state index is 12.4. The highest BCUT2D eigenvalue weighted by molar-refractivity contribution is 5.99. The second-order valence-electron chi connectivity index (χ2n) is 7.22. The highest BCUT2D eigenvalue weighted by Crippen LogP contribution is 2.30. The number of carbonyl (C=O) groups excluding carboxylic acids is 1. The molecule has 1 aromatic carbocycles. The second-order valence-corrected chi connectivity index (χ2v) is 7.22. The van der Waals surface area contributed by atoms with Gasteiger partial charge in [0.1, 0.15) is 11.6 Å². The molecule has 1 aliphatic rings. The zero-order chi connectivity index (χ0) is 20.4. The van der Waals surface area contributed by atoms with Crippen LogP contribution in [0.5, 0.6) is 11.6 Å². The van der Waals surface area contributed by atoms with E-state index < -0.39 is 0 Å². The van der Waals surface area contributed by atoms with Crippen molar-refractivity contribution in [1.82, 2.24) is 14.9 Å². The monoisotopic (exact) mass is 388 g/mol. The van der Waals surface area contributed by atoms with Crippen molar-refractivity contribution in [3.8, 4) is 11.6 Å². The normalized spacial score (nSPS) is 13.9. The Morgan fingerprint density at radius 3 is 2.62 bits per heavy atom. The molecule has 4 rings (SSSR count). The molecule has 0 spiro atoms. The molecule has 3 aromatic rings. The number of hydrogen-bond acceptors (Lipinski definition) is 5. The number of aryl methyl sites for hydroxylation is 1. The highest BCUT2D eigenvalue weighted by Gasteiger charge is 2.29. The third-order valence-electron chi connectivity index (χ3n) is 5.16. The molecule has 0 unspecified atom stereocenters. The van der Waals surface area contributed by atoms with E-state index in [9.17, 15) is 4.79 Å². The zero-order valence-corrected chi connectivity index (χ0v) is 16.8. The van der Waals surface area contributed by atoms with Crippen LogP contribution in [0.4, 0.5) is 5.82 Å². The Kier molecular flexibility index (Phi) is 5.16. The van der Waals surface area contributed by atoms with Crippen LogP contribution in [-0.2, 0) is 6.54 Å². The Morgan fingerprint density at radius 1 is 1.14 bits per heavy atom. The van der Waals surface area contributed by atoms with Gasteiger partial charge in [-0.3, -0.25) is 4.79 Å². The number of anilines is 1. The lowest BCUT2D eigenvalue weighted by molar-refractivity contribution is 0.0787. The first kappa shape index (κ1) is 18.9. The van der Waals surface area contributed by atoms with Gasteiger partial charge < -0.3 is 15.0 Å². The minimum absolute atomic E-state index is 0.0132. The molecule has 0 radical (unpaired) electrons. The number of rotatable bonds is 6. The molecule has 3 heterocycles. The molecule has 29 heavy (non-hydrogen) atoms. The average Bonchev–Trinajstić information content (AvgIpc) is 3.07. The summed E-state index contributed by atoms with van der Waals surface area (Å²) in [6, 6.07) is 13.5. The quantitative estimate of drug-likeness (QED) is 0.661. The number of ether oxygens (including phenoxy) is 1. The summed E-state index contributed by atoms with van der Waals surface area (Å²) in [6.07, 6.45) is 3.48. The van der Waals surface area contributed by atoms with Crippen molar-refractivity contribution in [3.63, 3.8) is 0 Å². The van der Waals surface area contributed by atoms with Crippen LogP contribution in [0.25, 0.3) is 0 Å². The van der Waals surface area contributed by atoms with Gasteiger partial charge in [0.15, 0.2) is 0 Å². The number of nitrogens with zero attached hydrogens (tertiary/aromatic N) is 3. The number of fused-ring (bicyclic) bond motifs is 1. The van der Waals surface area contributed by atoms with Gasteiger partial charge in [-0.1, -0.05) is 23.8 Å². The van der Waals surface area contributed by atoms with Gasteiger partial charge in [-0.25, -0.2) is 9.97 Å². The van der Waals surface area contributed by atoms with Gasteiger partial charge in [0.25, 0.3) is 5.91 Å².